The van der Waals surface area contributed by atoms with E-state index in [1.807, 2.05) is 12.1 Å². The predicted molar refractivity (Wildman–Crippen MR) is 95.7 cm³/mol. The van der Waals surface area contributed by atoms with E-state index in [-0.39, 0.29) is 5.71 Å². The SMILES string of the molecule is COc1ccc(C2=NN(C)S(=O)(=O)N=C2c2ccc(OC)cc2)cc1. The number of methoxy groups -OCH3 is 2. The van der Waals surface area contributed by atoms with Crippen molar-refractivity contribution in [2.24, 2.45) is 9.50 Å². The summed E-state index contributed by atoms with van der Waals surface area (Å²) in [7, 11) is 0.651. The van der Waals surface area contributed by atoms with E-state index in [4.69, 9.17) is 9.47 Å². The van der Waals surface area contributed by atoms with Crippen LogP contribution < -0.4 is 9.47 Å². The van der Waals surface area contributed by atoms with Gasteiger partial charge >= 0.3 is 10.2 Å². The van der Waals surface area contributed by atoms with E-state index < -0.39 is 10.2 Å². The number of hydrogen-bond donors (Lipinski definition) is 0. The van der Waals surface area contributed by atoms with Gasteiger partial charge in [0.15, 0.2) is 0 Å². The first-order valence-electron chi connectivity index (χ1n) is 7.41. The van der Waals surface area contributed by atoms with Gasteiger partial charge in [-0.2, -0.15) is 17.9 Å². The van der Waals surface area contributed by atoms with Crippen LogP contribution in [-0.4, -0.2) is 45.5 Å². The van der Waals surface area contributed by atoms with Crippen molar-refractivity contribution in [3.05, 3.63) is 59.7 Å². The van der Waals surface area contributed by atoms with E-state index >= 15 is 0 Å². The third kappa shape index (κ3) is 3.34. The largest absolute Gasteiger partial charge is 0.497 e. The van der Waals surface area contributed by atoms with Gasteiger partial charge in [0.05, 0.1) is 14.2 Å². The fourth-order valence-electron chi connectivity index (χ4n) is 2.34. The van der Waals surface area contributed by atoms with Gasteiger partial charge in [-0.1, -0.05) is 0 Å². The van der Waals surface area contributed by atoms with Crippen molar-refractivity contribution >= 4 is 21.6 Å². The molecule has 0 saturated heterocycles. The fraction of sp³-hybridized carbons (Fsp3) is 0.176. The first-order valence-corrected chi connectivity index (χ1v) is 8.81. The van der Waals surface area contributed by atoms with Gasteiger partial charge < -0.3 is 9.47 Å². The second-order valence-electron chi connectivity index (χ2n) is 5.26. The summed E-state index contributed by atoms with van der Waals surface area (Å²) in [5.74, 6) is 1.37. The average molecular weight is 359 g/mol. The Hall–Kier alpha value is -2.87. The molecule has 3 rings (SSSR count). The summed E-state index contributed by atoms with van der Waals surface area (Å²) >= 11 is 0. The molecule has 0 aromatic heterocycles. The van der Waals surface area contributed by atoms with E-state index in [0.29, 0.717) is 22.8 Å². The quantitative estimate of drug-likeness (QED) is 0.837. The van der Waals surface area contributed by atoms with E-state index in [2.05, 4.69) is 9.50 Å². The molecule has 7 nitrogen and oxygen atoms in total. The summed E-state index contributed by atoms with van der Waals surface area (Å²) in [5, 5.41) is 4.22. The van der Waals surface area contributed by atoms with Gasteiger partial charge in [0.1, 0.15) is 22.9 Å². The Balaban J connectivity index is 2.10. The minimum atomic E-state index is -3.85. The molecule has 130 valence electrons. The normalized spacial score (nSPS) is 16.0. The third-order valence-electron chi connectivity index (χ3n) is 3.73. The van der Waals surface area contributed by atoms with Crippen molar-refractivity contribution in [1.29, 1.82) is 0 Å². The molecule has 0 bridgehead atoms. The van der Waals surface area contributed by atoms with Crippen molar-refractivity contribution in [3.63, 3.8) is 0 Å². The van der Waals surface area contributed by atoms with Gasteiger partial charge in [-0.25, -0.2) is 0 Å². The van der Waals surface area contributed by atoms with Crippen LogP contribution in [0.3, 0.4) is 0 Å². The van der Waals surface area contributed by atoms with Crippen LogP contribution in [0.4, 0.5) is 0 Å². The van der Waals surface area contributed by atoms with Crippen molar-refractivity contribution in [3.8, 4) is 11.5 Å². The Morgan fingerprint density at radius 3 is 1.68 bits per heavy atom. The van der Waals surface area contributed by atoms with Crippen molar-refractivity contribution in [2.75, 3.05) is 21.3 Å². The summed E-state index contributed by atoms with van der Waals surface area (Å²) in [5.41, 5.74) is 2.11. The van der Waals surface area contributed by atoms with Crippen molar-refractivity contribution < 1.29 is 17.9 Å². The molecule has 1 aliphatic heterocycles. The second-order valence-corrected chi connectivity index (χ2v) is 6.86. The molecule has 0 fully saturated rings. The minimum Gasteiger partial charge on any atom is -0.497 e. The van der Waals surface area contributed by atoms with Crippen LogP contribution in [0.1, 0.15) is 11.1 Å². The molecule has 0 aliphatic carbocycles. The molecule has 0 amide bonds. The summed E-state index contributed by atoms with van der Waals surface area (Å²) in [4.78, 5) is 0. The lowest BCUT2D eigenvalue weighted by Gasteiger charge is -2.21. The summed E-state index contributed by atoms with van der Waals surface area (Å²) in [6, 6.07) is 14.2. The van der Waals surface area contributed by atoms with Crippen LogP contribution in [0.25, 0.3) is 0 Å². The minimum absolute atomic E-state index is 0.283. The Morgan fingerprint density at radius 2 is 1.24 bits per heavy atom. The molecule has 0 radical (unpaired) electrons. The number of nitrogens with zero attached hydrogens (tertiary/aromatic N) is 3. The molecule has 1 heterocycles. The summed E-state index contributed by atoms with van der Waals surface area (Å²) < 4.78 is 39.4. The summed E-state index contributed by atoms with van der Waals surface area (Å²) in [6.45, 7) is 0. The van der Waals surface area contributed by atoms with Crippen LogP contribution in [0, 0.1) is 0 Å². The maximum Gasteiger partial charge on any atom is 0.359 e. The van der Waals surface area contributed by atoms with E-state index in [0.717, 1.165) is 9.98 Å². The maximum atomic E-state index is 12.2. The van der Waals surface area contributed by atoms with Gasteiger partial charge in [0.2, 0.25) is 0 Å². The van der Waals surface area contributed by atoms with E-state index in [9.17, 15) is 8.42 Å². The monoisotopic (exact) mass is 359 g/mol. The zero-order valence-corrected chi connectivity index (χ0v) is 14.8. The van der Waals surface area contributed by atoms with Crippen molar-refractivity contribution in [2.45, 2.75) is 0 Å². The predicted octanol–water partition coefficient (Wildman–Crippen LogP) is 2.09. The van der Waals surface area contributed by atoms with Crippen LogP contribution in [0.15, 0.2) is 58.0 Å². The van der Waals surface area contributed by atoms with Crippen LogP contribution >= 0.6 is 0 Å². The van der Waals surface area contributed by atoms with Crippen LogP contribution in [0.5, 0.6) is 11.5 Å². The molecular formula is C17H17N3O4S. The zero-order chi connectivity index (χ0) is 18.0. The van der Waals surface area contributed by atoms with Gasteiger partial charge in [-0.3, -0.25) is 0 Å². The number of hydrogen-bond acceptors (Lipinski definition) is 5. The van der Waals surface area contributed by atoms with Crippen molar-refractivity contribution in [1.82, 2.24) is 4.41 Å². The number of ether oxygens (including phenoxy) is 2. The van der Waals surface area contributed by atoms with E-state index in [1.54, 1.807) is 50.6 Å². The molecule has 0 N–H and O–H groups in total. The highest BCUT2D eigenvalue weighted by Gasteiger charge is 2.27. The standard InChI is InChI=1S/C17H17N3O4S/c1-20-18-16(12-4-8-14(23-2)9-5-12)17(19-25(20,21)22)13-6-10-15(24-3)11-7-13/h4-11H,1-3H3. The molecule has 1 aliphatic rings. The number of rotatable bonds is 4. The molecular weight excluding hydrogens is 342 g/mol. The highest BCUT2D eigenvalue weighted by Crippen LogP contribution is 2.21. The molecule has 25 heavy (non-hydrogen) atoms. The molecule has 0 atom stereocenters. The molecule has 0 unspecified atom stereocenters. The third-order valence-corrected chi connectivity index (χ3v) is 4.90. The van der Waals surface area contributed by atoms with Gasteiger partial charge in [-0.15, -0.1) is 4.40 Å². The van der Waals surface area contributed by atoms with Crippen LogP contribution in [0.2, 0.25) is 0 Å². The smallest absolute Gasteiger partial charge is 0.359 e. The Bertz CT molecular complexity index is 933. The zero-order valence-electron chi connectivity index (χ0n) is 14.0. The fourth-order valence-corrected chi connectivity index (χ4v) is 3.06. The van der Waals surface area contributed by atoms with Gasteiger partial charge in [0, 0.05) is 18.2 Å². The maximum absolute atomic E-state index is 12.2. The highest BCUT2D eigenvalue weighted by molar-refractivity contribution is 7.88. The first kappa shape index (κ1) is 17.0. The van der Waals surface area contributed by atoms with E-state index in [1.165, 1.54) is 7.05 Å². The van der Waals surface area contributed by atoms with Gasteiger partial charge in [0.25, 0.3) is 0 Å². The highest BCUT2D eigenvalue weighted by atomic mass is 32.2. The molecule has 0 saturated carbocycles. The van der Waals surface area contributed by atoms with Gasteiger partial charge in [-0.05, 0) is 48.5 Å². The molecule has 0 spiro atoms. The molecule has 2 aromatic carbocycles. The lowest BCUT2D eigenvalue weighted by Crippen LogP contribution is -2.32. The average Bonchev–Trinajstić information content (AvgIpc) is 2.64. The Kier molecular flexibility index (Phi) is 4.45. The topological polar surface area (TPSA) is 80.6 Å². The van der Waals surface area contributed by atoms with Crippen LogP contribution in [-0.2, 0) is 10.2 Å². The Morgan fingerprint density at radius 1 is 0.800 bits per heavy atom. The molecule has 8 heteroatoms. The second kappa shape index (κ2) is 6.56. The lowest BCUT2D eigenvalue weighted by molar-refractivity contribution is 0.414. The lowest BCUT2D eigenvalue weighted by atomic mass is 10.00. The number of hydrazone groups is 1. The first-order chi connectivity index (χ1) is 11.9. The number of benzene rings is 2. The molecule has 2 aromatic rings. The Labute approximate surface area is 146 Å². The summed E-state index contributed by atoms with van der Waals surface area (Å²) in [6.07, 6.45) is 0.